The minimum Gasteiger partial charge on any atom is -0.497 e. The van der Waals surface area contributed by atoms with Crippen molar-refractivity contribution in [3.63, 3.8) is 0 Å². The molecular formula is C34H43F3N4O6. The number of amidine groups is 1. The largest absolute Gasteiger partial charge is 0.497 e. The molecule has 1 aromatic carbocycles. The predicted octanol–water partition coefficient (Wildman–Crippen LogP) is 7.11. The van der Waals surface area contributed by atoms with E-state index in [4.69, 9.17) is 19.2 Å². The molecule has 10 nitrogen and oxygen atoms in total. The van der Waals surface area contributed by atoms with E-state index in [1.165, 1.54) is 63.2 Å². The van der Waals surface area contributed by atoms with Gasteiger partial charge in [-0.3, -0.25) is 4.79 Å². The number of carboxylic acids is 1. The van der Waals surface area contributed by atoms with Crippen LogP contribution in [0, 0.1) is 0 Å². The molecule has 0 saturated carbocycles. The average Bonchev–Trinajstić information content (AvgIpc) is 3.00. The van der Waals surface area contributed by atoms with Crippen LogP contribution >= 0.6 is 0 Å². The molecule has 0 saturated heterocycles. The summed E-state index contributed by atoms with van der Waals surface area (Å²) in [6.07, 6.45) is 1.03. The van der Waals surface area contributed by atoms with Crippen LogP contribution in [-0.2, 0) is 11.3 Å². The number of benzene rings is 1. The Morgan fingerprint density at radius 3 is 2.17 bits per heavy atom. The minimum absolute atomic E-state index is 0.0637. The number of aromatic nitrogens is 1. The molecular weight excluding hydrogens is 617 g/mol. The van der Waals surface area contributed by atoms with Crippen LogP contribution in [0.15, 0.2) is 81.1 Å². The van der Waals surface area contributed by atoms with E-state index in [0.29, 0.717) is 34.2 Å². The summed E-state index contributed by atoms with van der Waals surface area (Å²) in [6.45, 7) is 8.53. The van der Waals surface area contributed by atoms with Crippen LogP contribution in [0.2, 0.25) is 0 Å². The van der Waals surface area contributed by atoms with E-state index in [9.17, 15) is 27.9 Å². The fourth-order valence-corrected chi connectivity index (χ4v) is 4.39. The highest BCUT2D eigenvalue weighted by molar-refractivity contribution is 5.96. The number of methoxy groups -OCH3 is 3. The molecule has 0 aliphatic carbocycles. The maximum absolute atomic E-state index is 14.0. The van der Waals surface area contributed by atoms with Gasteiger partial charge < -0.3 is 34.1 Å². The number of anilines is 1. The first-order chi connectivity index (χ1) is 22.1. The summed E-state index contributed by atoms with van der Waals surface area (Å²) in [7, 11) is 6.00. The first kappa shape index (κ1) is 38.4. The Kier molecular flexibility index (Phi) is 14.1. The van der Waals surface area contributed by atoms with E-state index in [0.717, 1.165) is 11.6 Å². The number of pyridine rings is 1. The van der Waals surface area contributed by atoms with E-state index in [1.54, 1.807) is 52.0 Å². The van der Waals surface area contributed by atoms with Gasteiger partial charge in [0.2, 0.25) is 0 Å². The van der Waals surface area contributed by atoms with E-state index < -0.39 is 28.8 Å². The second kappa shape index (κ2) is 17.2. The molecule has 0 fully saturated rings. The normalized spacial score (nSPS) is 13.1. The quantitative estimate of drug-likeness (QED) is 0.125. The summed E-state index contributed by atoms with van der Waals surface area (Å²) < 4.78 is 59.0. The Hall–Kier alpha value is -4.78. The van der Waals surface area contributed by atoms with Crippen molar-refractivity contribution in [3.8, 4) is 11.5 Å². The Bertz CT molecular complexity index is 1630. The molecule has 0 unspecified atom stereocenters. The monoisotopic (exact) mass is 660 g/mol. The Morgan fingerprint density at radius 2 is 1.68 bits per heavy atom. The zero-order chi connectivity index (χ0) is 35.5. The van der Waals surface area contributed by atoms with Crippen LogP contribution in [0.5, 0.6) is 11.5 Å². The third-order valence-corrected chi connectivity index (χ3v) is 6.88. The summed E-state index contributed by atoms with van der Waals surface area (Å²) in [5.41, 5.74) is 0.126. The van der Waals surface area contributed by atoms with Crippen LogP contribution in [0.25, 0.3) is 5.57 Å². The van der Waals surface area contributed by atoms with Crippen molar-refractivity contribution in [2.75, 3.05) is 40.3 Å². The van der Waals surface area contributed by atoms with Gasteiger partial charge in [0.1, 0.15) is 28.7 Å². The zero-order valence-electron chi connectivity index (χ0n) is 28.2. The van der Waals surface area contributed by atoms with Crippen molar-refractivity contribution < 1.29 is 37.3 Å². The van der Waals surface area contributed by atoms with Crippen molar-refractivity contribution in [1.29, 1.82) is 0 Å². The number of aromatic carboxylic acids is 1. The number of carbonyl (C=O) groups is 1. The van der Waals surface area contributed by atoms with Crippen molar-refractivity contribution in [1.82, 2.24) is 9.47 Å². The lowest BCUT2D eigenvalue weighted by atomic mass is 10.0. The highest BCUT2D eigenvalue weighted by Gasteiger charge is 2.33. The lowest BCUT2D eigenvalue weighted by molar-refractivity contribution is -0.0891. The molecule has 1 aromatic heterocycles. The van der Waals surface area contributed by atoms with Crippen molar-refractivity contribution in [2.24, 2.45) is 4.99 Å². The minimum atomic E-state index is -4.59. The second-order valence-electron chi connectivity index (χ2n) is 10.8. The fraction of sp³-hybridized carbons (Fsp3) is 0.382. The van der Waals surface area contributed by atoms with Crippen LogP contribution in [0.4, 0.5) is 18.9 Å². The summed E-state index contributed by atoms with van der Waals surface area (Å²) in [5.74, 6) is 0.0811. The van der Waals surface area contributed by atoms with Crippen molar-refractivity contribution in [3.05, 3.63) is 92.8 Å². The van der Waals surface area contributed by atoms with Crippen molar-refractivity contribution >= 4 is 23.1 Å². The van der Waals surface area contributed by atoms with Crippen LogP contribution in [-0.4, -0.2) is 67.5 Å². The third kappa shape index (κ3) is 10.9. The topological polar surface area (TPSA) is 115 Å². The van der Waals surface area contributed by atoms with Gasteiger partial charge in [-0.2, -0.15) is 13.2 Å². The molecule has 0 aliphatic heterocycles. The molecule has 0 bridgehead atoms. The smallest absolute Gasteiger partial charge is 0.416 e. The van der Waals surface area contributed by atoms with Crippen LogP contribution in [0.1, 0.15) is 57.0 Å². The van der Waals surface area contributed by atoms with Gasteiger partial charge in [-0.25, -0.2) is 9.79 Å². The Balaban J connectivity index is 2.99. The maximum atomic E-state index is 14.0. The Labute approximate surface area is 273 Å². The molecule has 47 heavy (non-hydrogen) atoms. The van der Waals surface area contributed by atoms with Gasteiger partial charge in [-0.05, 0) is 46.3 Å². The van der Waals surface area contributed by atoms with Crippen molar-refractivity contribution in [2.45, 2.75) is 53.8 Å². The molecule has 1 heterocycles. The van der Waals surface area contributed by atoms with Gasteiger partial charge in [0.05, 0.1) is 26.4 Å². The first-order valence-electron chi connectivity index (χ1n) is 14.7. The number of alkyl halides is 3. The maximum Gasteiger partial charge on any atom is 0.416 e. The number of allylic oxidation sites excluding steroid dienone is 6. The summed E-state index contributed by atoms with van der Waals surface area (Å²) in [5, 5.41) is 13.0. The number of nitrogens with one attached hydrogen (secondary N) is 1. The summed E-state index contributed by atoms with van der Waals surface area (Å²) in [6, 6.07) is 6.35. The van der Waals surface area contributed by atoms with E-state index >= 15 is 0 Å². The number of ether oxygens (including phenoxy) is 3. The molecule has 2 N–H and O–H groups in total. The molecule has 2 aromatic rings. The predicted molar refractivity (Wildman–Crippen MR) is 178 cm³/mol. The van der Waals surface area contributed by atoms with E-state index in [-0.39, 0.29) is 31.0 Å². The van der Waals surface area contributed by atoms with Gasteiger partial charge in [-0.15, -0.1) is 0 Å². The van der Waals surface area contributed by atoms with E-state index in [1.807, 2.05) is 0 Å². The molecule has 0 spiro atoms. The number of hydrogen-bond acceptors (Lipinski definition) is 7. The summed E-state index contributed by atoms with van der Waals surface area (Å²) in [4.78, 5) is 31.3. The highest BCUT2D eigenvalue weighted by Crippen LogP contribution is 2.32. The summed E-state index contributed by atoms with van der Waals surface area (Å²) >= 11 is 0. The first-order valence-corrected chi connectivity index (χ1v) is 14.7. The number of rotatable bonds is 14. The van der Waals surface area contributed by atoms with Gasteiger partial charge in [-0.1, -0.05) is 24.1 Å². The standard InChI is InChI=1S/C34H43F3N4O6/c1-10-22(4)30(34(35,36)37)11-12-40(6)31(39-23(5)38-25-17-26(46-8)19-27(18-25)47-9)28(15-21(2)3)24-16-29(33(43)44)32(42)41(20-24)13-14-45-7/h11-12,15-20H,10,13-14H2,1-9H3,(H,38,39)(H,43,44)/b12-11-,30-22-,31-28-. The number of aliphatic imine (C=N–C) groups is 1. The van der Waals surface area contributed by atoms with Gasteiger partial charge in [0.25, 0.3) is 5.56 Å². The molecule has 0 aliphatic rings. The van der Waals surface area contributed by atoms with Crippen LogP contribution in [0.3, 0.4) is 0 Å². The third-order valence-electron chi connectivity index (χ3n) is 6.88. The lowest BCUT2D eigenvalue weighted by Crippen LogP contribution is -2.28. The SMILES string of the molecule is CC/C(C)=C(/C=C\N(C)C(/N=C(\C)Nc1cc(OC)cc(OC)c1)=C(/C=C(C)C)c1cc(C(=O)O)c(=O)n(CCOC)c1)C(F)(F)F. The Morgan fingerprint density at radius 1 is 1.06 bits per heavy atom. The van der Waals surface area contributed by atoms with Gasteiger partial charge >= 0.3 is 12.1 Å². The molecule has 256 valence electrons. The molecule has 0 radical (unpaired) electrons. The molecule has 0 atom stereocenters. The zero-order valence-corrected chi connectivity index (χ0v) is 28.2. The second-order valence-corrected chi connectivity index (χ2v) is 10.8. The van der Waals surface area contributed by atoms with Crippen LogP contribution < -0.4 is 20.3 Å². The number of hydrogen-bond donors (Lipinski definition) is 2. The number of nitrogens with zero attached hydrogens (tertiary/aromatic N) is 3. The lowest BCUT2D eigenvalue weighted by Gasteiger charge is -2.22. The number of carboxylic acid groups (broad SMARTS) is 1. The fourth-order valence-electron chi connectivity index (χ4n) is 4.39. The average molecular weight is 661 g/mol. The van der Waals surface area contributed by atoms with E-state index in [2.05, 4.69) is 5.32 Å². The molecule has 0 amide bonds. The van der Waals surface area contributed by atoms with Gasteiger partial charge in [0, 0.05) is 68.1 Å². The molecule has 13 heteroatoms. The highest BCUT2D eigenvalue weighted by atomic mass is 19.4. The molecule has 2 rings (SSSR count). The number of halogens is 3. The van der Waals surface area contributed by atoms with Gasteiger partial charge in [0.15, 0.2) is 0 Å².